The lowest BCUT2D eigenvalue weighted by atomic mass is 9.83. The molecule has 286 valence electrons. The summed E-state index contributed by atoms with van der Waals surface area (Å²) >= 11 is 0. The van der Waals surface area contributed by atoms with Crippen LogP contribution < -0.4 is 0 Å². The van der Waals surface area contributed by atoms with Crippen LogP contribution in [0.1, 0.15) is 0 Å². The zero-order valence-corrected chi connectivity index (χ0v) is 33.7. The molecule has 2 heterocycles. The zero-order valence-electron chi connectivity index (χ0n) is 33.7. The van der Waals surface area contributed by atoms with Gasteiger partial charge in [0.2, 0.25) is 0 Å². The van der Waals surface area contributed by atoms with Crippen LogP contribution in [0, 0.1) is 0 Å². The largest absolute Gasteiger partial charge is 0.256 e. The molecular formula is C60H36N2. The Bertz CT molecular complexity index is 3970. The molecule has 13 rings (SSSR count). The molecule has 0 N–H and O–H groups in total. The van der Waals surface area contributed by atoms with Crippen LogP contribution in [0.5, 0.6) is 0 Å². The molecule has 0 bridgehead atoms. The number of fused-ring (bicyclic) bond motifs is 10. The molecule has 2 aromatic heterocycles. The molecule has 2 heteroatoms. The summed E-state index contributed by atoms with van der Waals surface area (Å²) in [6.07, 6.45) is 4.20. The lowest BCUT2D eigenvalue weighted by molar-refractivity contribution is 1.45. The molecule has 13 aromatic rings. The van der Waals surface area contributed by atoms with Crippen molar-refractivity contribution in [1.82, 2.24) is 9.97 Å². The minimum absolute atomic E-state index is 0.994. The molecule has 0 saturated carbocycles. The van der Waals surface area contributed by atoms with Gasteiger partial charge in [-0.3, -0.25) is 9.97 Å². The second kappa shape index (κ2) is 13.7. The first kappa shape index (κ1) is 34.6. The van der Waals surface area contributed by atoms with Crippen molar-refractivity contribution in [1.29, 1.82) is 0 Å². The van der Waals surface area contributed by atoms with E-state index in [4.69, 9.17) is 9.97 Å². The van der Waals surface area contributed by atoms with Gasteiger partial charge in [0, 0.05) is 44.7 Å². The first-order valence-electron chi connectivity index (χ1n) is 21.3. The molecule has 0 aliphatic rings. The molecular weight excluding hydrogens is 749 g/mol. The van der Waals surface area contributed by atoms with Gasteiger partial charge >= 0.3 is 0 Å². The number of aromatic nitrogens is 2. The average molecular weight is 785 g/mol. The summed E-state index contributed by atoms with van der Waals surface area (Å²) in [6.45, 7) is 0. The standard InChI is InChI=1S/C60H36N2/c1-2-16-38(17-3-1)57-47-22-8-6-20-45(47)55(51-35-61-53-27-12-10-24-49(53)59(51)57)41-31-29-40-34-42(32-30-39(40)33-41)56-46-21-7-9-23-48(46)58(44-26-14-18-37-15-4-5-19-43(37)44)60-50-25-11-13-28-54(50)62-36-52(56)60/h1-36H. The fourth-order valence-corrected chi connectivity index (χ4v) is 10.4. The highest BCUT2D eigenvalue weighted by molar-refractivity contribution is 6.30. The number of hydrogen-bond donors (Lipinski definition) is 0. The SMILES string of the molecule is c1ccc(-c2c3ccccc3c(-c3ccc4cc(-c5c6ccccc6c(-c6cccc7ccccc67)c6c5cnc5ccccc56)ccc4c3)c3cnc4ccccc4c23)cc1. The normalized spacial score (nSPS) is 11.9. The molecule has 0 atom stereocenters. The Morgan fingerprint density at radius 2 is 0.677 bits per heavy atom. The van der Waals surface area contributed by atoms with Crippen molar-refractivity contribution in [2.45, 2.75) is 0 Å². The number of pyridine rings is 2. The Kier molecular flexibility index (Phi) is 7.64. The highest BCUT2D eigenvalue weighted by Gasteiger charge is 2.22. The van der Waals surface area contributed by atoms with Gasteiger partial charge in [-0.1, -0.05) is 182 Å². The Labute approximate surface area is 358 Å². The van der Waals surface area contributed by atoms with Crippen LogP contribution >= 0.6 is 0 Å². The van der Waals surface area contributed by atoms with Gasteiger partial charge in [0.05, 0.1) is 11.0 Å². The number of hydrogen-bond acceptors (Lipinski definition) is 2. The van der Waals surface area contributed by atoms with Crippen LogP contribution in [0.2, 0.25) is 0 Å². The Balaban J connectivity index is 1.06. The summed E-state index contributed by atoms with van der Waals surface area (Å²) in [6, 6.07) is 75.1. The molecule has 0 spiro atoms. The smallest absolute Gasteiger partial charge is 0.0708 e. The Hall–Kier alpha value is -8.20. The second-order valence-electron chi connectivity index (χ2n) is 16.4. The number of para-hydroxylation sites is 2. The predicted octanol–water partition coefficient (Wildman–Crippen LogP) is 16.4. The molecule has 62 heavy (non-hydrogen) atoms. The Morgan fingerprint density at radius 1 is 0.242 bits per heavy atom. The fourth-order valence-electron chi connectivity index (χ4n) is 10.4. The number of benzene rings is 11. The predicted molar refractivity (Wildman–Crippen MR) is 264 cm³/mol. The van der Waals surface area contributed by atoms with E-state index >= 15 is 0 Å². The average Bonchev–Trinajstić information content (AvgIpc) is 3.34. The van der Waals surface area contributed by atoms with Gasteiger partial charge < -0.3 is 0 Å². The lowest BCUT2D eigenvalue weighted by Gasteiger charge is -2.20. The zero-order chi connectivity index (χ0) is 40.7. The van der Waals surface area contributed by atoms with Gasteiger partial charge in [-0.2, -0.15) is 0 Å². The Morgan fingerprint density at radius 3 is 1.26 bits per heavy atom. The third-order valence-electron chi connectivity index (χ3n) is 13.1. The molecule has 0 fully saturated rings. The monoisotopic (exact) mass is 784 g/mol. The van der Waals surface area contributed by atoms with Crippen molar-refractivity contribution in [3.8, 4) is 44.5 Å². The van der Waals surface area contributed by atoms with E-state index in [9.17, 15) is 0 Å². The maximum atomic E-state index is 5.10. The van der Waals surface area contributed by atoms with Crippen molar-refractivity contribution in [2.75, 3.05) is 0 Å². The van der Waals surface area contributed by atoms with E-state index in [2.05, 4.69) is 219 Å². The van der Waals surface area contributed by atoms with Gasteiger partial charge in [0.25, 0.3) is 0 Å². The van der Waals surface area contributed by atoms with E-state index in [0.717, 1.165) is 32.6 Å². The molecule has 0 saturated heterocycles. The minimum atomic E-state index is 0.994. The van der Waals surface area contributed by atoms with E-state index in [0.29, 0.717) is 0 Å². The van der Waals surface area contributed by atoms with E-state index in [1.807, 2.05) is 0 Å². The van der Waals surface area contributed by atoms with Crippen molar-refractivity contribution in [2.24, 2.45) is 0 Å². The molecule has 11 aromatic carbocycles. The van der Waals surface area contributed by atoms with Crippen LogP contribution in [0.3, 0.4) is 0 Å². The summed E-state index contributed by atoms with van der Waals surface area (Å²) in [5.41, 5.74) is 11.7. The maximum Gasteiger partial charge on any atom is 0.0708 e. The van der Waals surface area contributed by atoms with Crippen LogP contribution in [-0.4, -0.2) is 9.97 Å². The van der Waals surface area contributed by atoms with Gasteiger partial charge in [0.1, 0.15) is 0 Å². The lowest BCUT2D eigenvalue weighted by Crippen LogP contribution is -1.94. The summed E-state index contributed by atoms with van der Waals surface area (Å²) in [4.78, 5) is 10.1. The quantitative estimate of drug-likeness (QED) is 0.131. The summed E-state index contributed by atoms with van der Waals surface area (Å²) in [7, 11) is 0. The number of rotatable bonds is 4. The van der Waals surface area contributed by atoms with Gasteiger partial charge in [-0.15, -0.1) is 0 Å². The van der Waals surface area contributed by atoms with Crippen molar-refractivity contribution in [3.63, 3.8) is 0 Å². The van der Waals surface area contributed by atoms with E-state index in [-0.39, 0.29) is 0 Å². The maximum absolute atomic E-state index is 5.10. The number of nitrogens with zero attached hydrogens (tertiary/aromatic N) is 2. The molecule has 0 unspecified atom stereocenters. The third-order valence-corrected chi connectivity index (χ3v) is 13.1. The third kappa shape index (κ3) is 5.17. The summed E-state index contributed by atoms with van der Waals surface area (Å²) in [5.74, 6) is 0. The first-order valence-corrected chi connectivity index (χ1v) is 21.3. The molecule has 2 nitrogen and oxygen atoms in total. The van der Waals surface area contributed by atoms with Crippen molar-refractivity contribution in [3.05, 3.63) is 219 Å². The van der Waals surface area contributed by atoms with Crippen LogP contribution in [0.15, 0.2) is 219 Å². The summed E-state index contributed by atoms with van der Waals surface area (Å²) in [5, 5.41) is 16.8. The highest BCUT2D eigenvalue weighted by atomic mass is 14.7. The van der Waals surface area contributed by atoms with Gasteiger partial charge in [0.15, 0.2) is 0 Å². The minimum Gasteiger partial charge on any atom is -0.256 e. The van der Waals surface area contributed by atoms with E-state index in [1.165, 1.54) is 98.4 Å². The molecule has 0 amide bonds. The van der Waals surface area contributed by atoms with Crippen molar-refractivity contribution < 1.29 is 0 Å². The first-order chi connectivity index (χ1) is 30.8. The molecule has 0 aliphatic heterocycles. The van der Waals surface area contributed by atoms with Crippen LogP contribution in [0.25, 0.3) is 131 Å². The van der Waals surface area contributed by atoms with Gasteiger partial charge in [-0.25, -0.2) is 0 Å². The molecule has 0 radical (unpaired) electrons. The molecule has 0 aliphatic carbocycles. The highest BCUT2D eigenvalue weighted by Crippen LogP contribution is 2.49. The van der Waals surface area contributed by atoms with Crippen molar-refractivity contribution >= 4 is 86.4 Å². The fraction of sp³-hybridized carbons (Fsp3) is 0. The van der Waals surface area contributed by atoms with E-state index in [1.54, 1.807) is 0 Å². The van der Waals surface area contributed by atoms with Gasteiger partial charge in [-0.05, 0) is 112 Å². The van der Waals surface area contributed by atoms with Crippen LogP contribution in [0.4, 0.5) is 0 Å². The topological polar surface area (TPSA) is 25.8 Å². The van der Waals surface area contributed by atoms with E-state index < -0.39 is 0 Å². The summed E-state index contributed by atoms with van der Waals surface area (Å²) < 4.78 is 0. The second-order valence-corrected chi connectivity index (χ2v) is 16.4. The van der Waals surface area contributed by atoms with Crippen LogP contribution in [-0.2, 0) is 0 Å².